The first-order chi connectivity index (χ1) is 14.1. The molecule has 0 radical (unpaired) electrons. The maximum atomic E-state index is 12.6. The van der Waals surface area contributed by atoms with Crippen LogP contribution in [-0.2, 0) is 9.84 Å². The third-order valence-corrected chi connectivity index (χ3v) is 6.40. The second-order valence-corrected chi connectivity index (χ2v) is 10.1. The van der Waals surface area contributed by atoms with Gasteiger partial charge < -0.3 is 15.5 Å². The quantitative estimate of drug-likeness (QED) is 0.724. The monoisotopic (exact) mass is 431 g/mol. The molecule has 9 heteroatoms. The Morgan fingerprint density at radius 3 is 2.43 bits per heavy atom. The zero-order valence-corrected chi connectivity index (χ0v) is 18.7. The number of nitrogens with one attached hydrogen (secondary N) is 2. The third kappa shape index (κ3) is 5.47. The average Bonchev–Trinajstić information content (AvgIpc) is 2.70. The van der Waals surface area contributed by atoms with E-state index in [2.05, 4.69) is 20.6 Å². The SMILES string of the molecule is Cc1cnc(N[C@H]2CC[C@@H](NC(=O)c3cccc(S(C)(=O)=O)c3)CC2)nc1N(C)C. The van der Waals surface area contributed by atoms with Gasteiger partial charge in [-0.05, 0) is 50.8 Å². The van der Waals surface area contributed by atoms with Crippen LogP contribution in [0.3, 0.4) is 0 Å². The first-order valence-electron chi connectivity index (χ1n) is 10.0. The molecule has 8 nitrogen and oxygen atoms in total. The Kier molecular flexibility index (Phi) is 6.60. The number of rotatable bonds is 6. The fourth-order valence-electron chi connectivity index (χ4n) is 3.66. The van der Waals surface area contributed by atoms with E-state index in [4.69, 9.17) is 0 Å². The molecule has 1 aromatic heterocycles. The van der Waals surface area contributed by atoms with E-state index >= 15 is 0 Å². The second-order valence-electron chi connectivity index (χ2n) is 8.06. The number of anilines is 2. The Balaban J connectivity index is 1.55. The van der Waals surface area contributed by atoms with Crippen LogP contribution < -0.4 is 15.5 Å². The molecule has 0 saturated heterocycles. The lowest BCUT2D eigenvalue weighted by atomic mass is 9.91. The molecule has 1 heterocycles. The number of sulfone groups is 1. The summed E-state index contributed by atoms with van der Waals surface area (Å²) in [6.07, 6.45) is 6.41. The Labute approximate surface area is 178 Å². The number of amides is 1. The summed E-state index contributed by atoms with van der Waals surface area (Å²) in [5.74, 6) is 1.27. The number of carbonyl (C=O) groups is 1. The Morgan fingerprint density at radius 1 is 1.13 bits per heavy atom. The fourth-order valence-corrected chi connectivity index (χ4v) is 4.32. The number of aryl methyl sites for hydroxylation is 1. The summed E-state index contributed by atoms with van der Waals surface area (Å²) in [4.78, 5) is 23.6. The molecule has 1 aromatic carbocycles. The van der Waals surface area contributed by atoms with Gasteiger partial charge in [-0.1, -0.05) is 6.07 Å². The molecule has 2 N–H and O–H groups in total. The van der Waals surface area contributed by atoms with Gasteiger partial charge in [0.25, 0.3) is 5.91 Å². The lowest BCUT2D eigenvalue weighted by Crippen LogP contribution is -2.40. The first kappa shape index (κ1) is 22.0. The minimum atomic E-state index is -3.34. The topological polar surface area (TPSA) is 104 Å². The van der Waals surface area contributed by atoms with Gasteiger partial charge in [-0.25, -0.2) is 13.4 Å². The van der Waals surface area contributed by atoms with E-state index in [0.717, 1.165) is 43.3 Å². The fraction of sp³-hybridized carbons (Fsp3) is 0.476. The van der Waals surface area contributed by atoms with Gasteiger partial charge in [0.2, 0.25) is 5.95 Å². The van der Waals surface area contributed by atoms with Crippen LogP contribution in [0.1, 0.15) is 41.6 Å². The minimum absolute atomic E-state index is 0.0636. The van der Waals surface area contributed by atoms with E-state index in [1.807, 2.05) is 32.1 Å². The van der Waals surface area contributed by atoms with Crippen LogP contribution in [0.5, 0.6) is 0 Å². The maximum Gasteiger partial charge on any atom is 0.251 e. The van der Waals surface area contributed by atoms with Gasteiger partial charge in [-0.2, -0.15) is 4.98 Å². The Bertz CT molecular complexity index is 1020. The van der Waals surface area contributed by atoms with Crippen molar-refractivity contribution in [2.45, 2.75) is 49.6 Å². The average molecular weight is 432 g/mol. The minimum Gasteiger partial charge on any atom is -0.362 e. The normalized spacial score (nSPS) is 19.2. The molecule has 0 atom stereocenters. The molecule has 0 bridgehead atoms. The first-order valence-corrected chi connectivity index (χ1v) is 11.9. The zero-order chi connectivity index (χ0) is 21.9. The molecule has 1 amide bonds. The zero-order valence-electron chi connectivity index (χ0n) is 17.8. The van der Waals surface area contributed by atoms with E-state index in [1.54, 1.807) is 12.1 Å². The Morgan fingerprint density at radius 2 is 1.80 bits per heavy atom. The molecule has 3 rings (SSSR count). The van der Waals surface area contributed by atoms with Crippen molar-refractivity contribution in [2.75, 3.05) is 30.6 Å². The summed E-state index contributed by atoms with van der Waals surface area (Å²) in [6, 6.07) is 6.47. The van der Waals surface area contributed by atoms with Crippen molar-refractivity contribution in [3.05, 3.63) is 41.6 Å². The molecule has 1 aliphatic rings. The predicted molar refractivity (Wildman–Crippen MR) is 118 cm³/mol. The van der Waals surface area contributed by atoms with E-state index < -0.39 is 9.84 Å². The molecule has 30 heavy (non-hydrogen) atoms. The van der Waals surface area contributed by atoms with Crippen molar-refractivity contribution in [1.29, 1.82) is 0 Å². The van der Waals surface area contributed by atoms with E-state index in [1.165, 1.54) is 12.1 Å². The van der Waals surface area contributed by atoms with Gasteiger partial charge in [0.15, 0.2) is 9.84 Å². The number of nitrogens with zero attached hydrogens (tertiary/aromatic N) is 3. The second kappa shape index (κ2) is 8.99. The van der Waals surface area contributed by atoms with Gasteiger partial charge in [0.1, 0.15) is 5.82 Å². The molecule has 0 aliphatic heterocycles. The van der Waals surface area contributed by atoms with Crippen molar-refractivity contribution in [1.82, 2.24) is 15.3 Å². The number of carbonyl (C=O) groups excluding carboxylic acids is 1. The van der Waals surface area contributed by atoms with Gasteiger partial charge in [0.05, 0.1) is 4.90 Å². The highest BCUT2D eigenvalue weighted by Crippen LogP contribution is 2.23. The van der Waals surface area contributed by atoms with Gasteiger partial charge in [-0.15, -0.1) is 0 Å². The van der Waals surface area contributed by atoms with Crippen LogP contribution in [0.2, 0.25) is 0 Å². The number of benzene rings is 1. The van der Waals surface area contributed by atoms with Crippen molar-refractivity contribution >= 4 is 27.5 Å². The molecule has 1 fully saturated rings. The van der Waals surface area contributed by atoms with Crippen LogP contribution in [0, 0.1) is 6.92 Å². The molecule has 2 aromatic rings. The van der Waals surface area contributed by atoms with Crippen LogP contribution in [0.4, 0.5) is 11.8 Å². The summed E-state index contributed by atoms with van der Waals surface area (Å²) in [5, 5.41) is 6.43. The highest BCUT2D eigenvalue weighted by molar-refractivity contribution is 7.90. The van der Waals surface area contributed by atoms with Crippen molar-refractivity contribution in [2.24, 2.45) is 0 Å². The standard InChI is InChI=1S/C21H29N5O3S/c1-14-13-22-21(25-19(14)26(2)3)24-17-10-8-16(9-11-17)23-20(27)15-6-5-7-18(12-15)30(4,28)29/h5-7,12-13,16-17H,8-11H2,1-4H3,(H,23,27)(H,22,24,25)/t16-,17+. The summed E-state index contributed by atoms with van der Waals surface area (Å²) in [7, 11) is 0.571. The Hall–Kier alpha value is -2.68. The molecule has 162 valence electrons. The predicted octanol–water partition coefficient (Wildman–Crippen LogP) is 2.41. The lowest BCUT2D eigenvalue weighted by molar-refractivity contribution is 0.0926. The molecular weight excluding hydrogens is 402 g/mol. The third-order valence-electron chi connectivity index (χ3n) is 5.29. The van der Waals surface area contributed by atoms with Crippen LogP contribution >= 0.6 is 0 Å². The van der Waals surface area contributed by atoms with Crippen molar-refractivity contribution in [3.63, 3.8) is 0 Å². The van der Waals surface area contributed by atoms with Crippen LogP contribution in [0.15, 0.2) is 35.4 Å². The molecule has 1 aliphatic carbocycles. The molecular formula is C21H29N5O3S. The van der Waals surface area contributed by atoms with Gasteiger partial charge >= 0.3 is 0 Å². The van der Waals surface area contributed by atoms with E-state index in [0.29, 0.717) is 11.5 Å². The van der Waals surface area contributed by atoms with E-state index in [9.17, 15) is 13.2 Å². The highest BCUT2D eigenvalue weighted by atomic mass is 32.2. The largest absolute Gasteiger partial charge is 0.362 e. The summed E-state index contributed by atoms with van der Waals surface area (Å²) < 4.78 is 23.4. The van der Waals surface area contributed by atoms with Crippen molar-refractivity contribution in [3.8, 4) is 0 Å². The number of hydrogen-bond donors (Lipinski definition) is 2. The van der Waals surface area contributed by atoms with Crippen molar-refractivity contribution < 1.29 is 13.2 Å². The van der Waals surface area contributed by atoms with Gasteiger partial charge in [0, 0.05) is 49.8 Å². The smallest absolute Gasteiger partial charge is 0.251 e. The summed E-state index contributed by atoms with van der Waals surface area (Å²) >= 11 is 0. The van der Waals surface area contributed by atoms with Gasteiger partial charge in [-0.3, -0.25) is 4.79 Å². The van der Waals surface area contributed by atoms with Crippen LogP contribution in [0.25, 0.3) is 0 Å². The highest BCUT2D eigenvalue weighted by Gasteiger charge is 2.24. The lowest BCUT2D eigenvalue weighted by Gasteiger charge is -2.30. The summed E-state index contributed by atoms with van der Waals surface area (Å²) in [5.41, 5.74) is 1.39. The molecule has 0 unspecified atom stereocenters. The maximum absolute atomic E-state index is 12.6. The molecule has 1 saturated carbocycles. The number of hydrogen-bond acceptors (Lipinski definition) is 7. The van der Waals surface area contributed by atoms with Crippen LogP contribution in [-0.4, -0.2) is 56.7 Å². The van der Waals surface area contributed by atoms with E-state index in [-0.39, 0.29) is 22.9 Å². The molecule has 0 spiro atoms. The number of aromatic nitrogens is 2. The summed E-state index contributed by atoms with van der Waals surface area (Å²) in [6.45, 7) is 1.98.